The zero-order chi connectivity index (χ0) is 29.1. The van der Waals surface area contributed by atoms with Crippen molar-refractivity contribution in [1.29, 1.82) is 0 Å². The molecule has 0 bridgehead atoms. The Morgan fingerprint density at radius 3 is 2.10 bits per heavy atom. The van der Waals surface area contributed by atoms with E-state index in [4.69, 9.17) is 0 Å². The molecule has 1 heterocycles. The van der Waals surface area contributed by atoms with Gasteiger partial charge in [0.05, 0.1) is 12.6 Å². The quantitative estimate of drug-likeness (QED) is 0.179. The van der Waals surface area contributed by atoms with Gasteiger partial charge in [0.2, 0.25) is 5.91 Å². The number of H-pyrrole nitrogens is 1. The van der Waals surface area contributed by atoms with E-state index >= 15 is 0 Å². The number of aliphatic hydroxyl groups is 1. The summed E-state index contributed by atoms with van der Waals surface area (Å²) in [7, 11) is 0. The summed E-state index contributed by atoms with van der Waals surface area (Å²) in [5.74, 6) is -0.651. The number of hydrogen-bond acceptors (Lipinski definition) is 3. The third-order valence-electron chi connectivity index (χ3n) is 8.25. The van der Waals surface area contributed by atoms with E-state index in [1.54, 1.807) is 0 Å². The SMILES string of the molecule is O=C(N[C@H](CO)Cc1ccccc1)[C@H](Cc1c[nH]c2ccccc12)N(CC1c2ccccc2-c2ccccc21)C(=O)O. The average Bonchev–Trinajstić information content (AvgIpc) is 3.57. The number of carbonyl (C=O) groups excluding carboxylic acids is 1. The third kappa shape index (κ3) is 5.39. The Morgan fingerprint density at radius 2 is 1.43 bits per heavy atom. The highest BCUT2D eigenvalue weighted by Gasteiger charge is 2.37. The first-order valence-electron chi connectivity index (χ1n) is 14.2. The fourth-order valence-electron chi connectivity index (χ4n) is 6.20. The number of nitrogens with zero attached hydrogens (tertiary/aromatic N) is 1. The summed E-state index contributed by atoms with van der Waals surface area (Å²) in [6.45, 7) is -0.150. The Bertz CT molecular complexity index is 1670. The van der Waals surface area contributed by atoms with Crippen molar-refractivity contribution in [2.75, 3.05) is 13.2 Å². The van der Waals surface area contributed by atoms with Crippen molar-refractivity contribution in [2.45, 2.75) is 30.8 Å². The molecule has 5 aromatic rings. The van der Waals surface area contributed by atoms with Gasteiger partial charge in [-0.25, -0.2) is 4.79 Å². The van der Waals surface area contributed by atoms with Crippen LogP contribution in [0, 0.1) is 0 Å². The predicted octanol–water partition coefficient (Wildman–Crippen LogP) is 5.59. The number of aliphatic hydroxyl groups excluding tert-OH is 1. The van der Waals surface area contributed by atoms with Gasteiger partial charge < -0.3 is 20.5 Å². The number of fused-ring (bicyclic) bond motifs is 4. The molecule has 212 valence electrons. The molecule has 2 amide bonds. The van der Waals surface area contributed by atoms with Crippen LogP contribution in [0.3, 0.4) is 0 Å². The van der Waals surface area contributed by atoms with Crippen molar-refractivity contribution in [3.8, 4) is 11.1 Å². The number of hydrogen-bond donors (Lipinski definition) is 4. The molecule has 7 heteroatoms. The minimum atomic E-state index is -1.17. The average molecular weight is 560 g/mol. The zero-order valence-electron chi connectivity index (χ0n) is 23.1. The Hall–Kier alpha value is -4.88. The van der Waals surface area contributed by atoms with Crippen LogP contribution in [0.5, 0.6) is 0 Å². The molecule has 0 spiro atoms. The fourth-order valence-corrected chi connectivity index (χ4v) is 6.20. The monoisotopic (exact) mass is 559 g/mol. The molecule has 0 saturated carbocycles. The zero-order valence-corrected chi connectivity index (χ0v) is 23.1. The number of carboxylic acid groups (broad SMARTS) is 1. The van der Waals surface area contributed by atoms with Gasteiger partial charge >= 0.3 is 6.09 Å². The van der Waals surface area contributed by atoms with E-state index in [2.05, 4.69) is 22.4 Å². The Labute approximate surface area is 244 Å². The molecule has 4 N–H and O–H groups in total. The van der Waals surface area contributed by atoms with Crippen LogP contribution in [0.2, 0.25) is 0 Å². The summed E-state index contributed by atoms with van der Waals surface area (Å²) in [6.07, 6.45) is 1.29. The van der Waals surface area contributed by atoms with E-state index in [-0.39, 0.29) is 25.5 Å². The number of para-hydroxylation sites is 1. The van der Waals surface area contributed by atoms with Gasteiger partial charge in [0, 0.05) is 36.0 Å². The number of aromatic nitrogens is 1. The second kappa shape index (κ2) is 11.9. The lowest BCUT2D eigenvalue weighted by molar-refractivity contribution is -0.127. The summed E-state index contributed by atoms with van der Waals surface area (Å²) in [5.41, 5.74) is 7.02. The van der Waals surface area contributed by atoms with E-state index in [0.29, 0.717) is 6.42 Å². The molecule has 2 atom stereocenters. The standard InChI is InChI=1S/C35H33N3O4/c39-22-25(18-23-10-2-1-3-11-23)37-34(40)33(19-24-20-36-32-17-9-8-12-26(24)32)38(35(41)42)21-31-29-15-6-4-13-27(29)28-14-5-7-16-30(28)31/h1-17,20,25,31,33,36,39H,18-19,21-22H2,(H,37,40)(H,41,42)/t25-,33-/m0/s1. The molecule has 7 nitrogen and oxygen atoms in total. The van der Waals surface area contributed by atoms with Crippen LogP contribution in [-0.2, 0) is 17.6 Å². The van der Waals surface area contributed by atoms with Crippen LogP contribution < -0.4 is 5.32 Å². The number of nitrogens with one attached hydrogen (secondary N) is 2. The molecule has 42 heavy (non-hydrogen) atoms. The van der Waals surface area contributed by atoms with Crippen molar-refractivity contribution in [3.63, 3.8) is 0 Å². The molecule has 1 aromatic heterocycles. The summed E-state index contributed by atoms with van der Waals surface area (Å²) in [6, 6.07) is 31.9. The smallest absolute Gasteiger partial charge is 0.408 e. The molecule has 1 aliphatic rings. The fraction of sp³-hybridized carbons (Fsp3) is 0.200. The normalized spacial score (nSPS) is 13.7. The lowest BCUT2D eigenvalue weighted by Gasteiger charge is -2.32. The highest BCUT2D eigenvalue weighted by molar-refractivity contribution is 5.88. The van der Waals surface area contributed by atoms with Gasteiger partial charge in [-0.3, -0.25) is 9.69 Å². The van der Waals surface area contributed by atoms with Crippen LogP contribution in [0.1, 0.15) is 28.2 Å². The van der Waals surface area contributed by atoms with Crippen LogP contribution in [0.25, 0.3) is 22.0 Å². The lowest BCUT2D eigenvalue weighted by atomic mass is 9.94. The van der Waals surface area contributed by atoms with Gasteiger partial charge in [0.25, 0.3) is 0 Å². The molecule has 1 aliphatic carbocycles. The topological polar surface area (TPSA) is 106 Å². The van der Waals surface area contributed by atoms with E-state index in [1.165, 1.54) is 4.90 Å². The van der Waals surface area contributed by atoms with Gasteiger partial charge in [-0.1, -0.05) is 97.1 Å². The number of aromatic amines is 1. The first-order chi connectivity index (χ1) is 20.5. The van der Waals surface area contributed by atoms with E-state index in [0.717, 1.165) is 44.3 Å². The van der Waals surface area contributed by atoms with Gasteiger partial charge in [-0.2, -0.15) is 0 Å². The Kier molecular flexibility index (Phi) is 7.75. The van der Waals surface area contributed by atoms with Crippen molar-refractivity contribution in [2.24, 2.45) is 0 Å². The first kappa shape index (κ1) is 27.3. The highest BCUT2D eigenvalue weighted by Crippen LogP contribution is 2.45. The summed E-state index contributed by atoms with van der Waals surface area (Å²) >= 11 is 0. The number of benzene rings is 4. The lowest BCUT2D eigenvalue weighted by Crippen LogP contribution is -2.54. The van der Waals surface area contributed by atoms with E-state index < -0.39 is 24.1 Å². The molecule has 0 saturated heterocycles. The van der Waals surface area contributed by atoms with Crippen molar-refractivity contribution in [1.82, 2.24) is 15.2 Å². The van der Waals surface area contributed by atoms with E-state index in [9.17, 15) is 19.8 Å². The van der Waals surface area contributed by atoms with Crippen molar-refractivity contribution < 1.29 is 19.8 Å². The van der Waals surface area contributed by atoms with Gasteiger partial charge in [0.15, 0.2) is 0 Å². The summed E-state index contributed by atoms with van der Waals surface area (Å²) in [5, 5.41) is 24.7. The first-order valence-corrected chi connectivity index (χ1v) is 14.2. The molecule has 4 aromatic carbocycles. The maximum atomic E-state index is 14.0. The second-order valence-electron chi connectivity index (χ2n) is 10.8. The molecule has 0 unspecified atom stereocenters. The molecular weight excluding hydrogens is 526 g/mol. The van der Waals surface area contributed by atoms with Crippen LogP contribution in [-0.4, -0.2) is 57.3 Å². The molecular formula is C35H33N3O4. The van der Waals surface area contributed by atoms with Crippen molar-refractivity contribution >= 4 is 22.9 Å². The van der Waals surface area contributed by atoms with Crippen LogP contribution >= 0.6 is 0 Å². The molecule has 0 fully saturated rings. The molecule has 6 rings (SSSR count). The Morgan fingerprint density at radius 1 is 0.810 bits per heavy atom. The minimum absolute atomic E-state index is 0.117. The molecule has 0 aliphatic heterocycles. The van der Waals surface area contributed by atoms with E-state index in [1.807, 2.05) is 97.2 Å². The minimum Gasteiger partial charge on any atom is -0.465 e. The number of carbonyl (C=O) groups is 2. The second-order valence-corrected chi connectivity index (χ2v) is 10.8. The van der Waals surface area contributed by atoms with Gasteiger partial charge in [-0.05, 0) is 45.9 Å². The van der Waals surface area contributed by atoms with Crippen LogP contribution in [0.4, 0.5) is 4.79 Å². The summed E-state index contributed by atoms with van der Waals surface area (Å²) in [4.78, 5) is 31.5. The summed E-state index contributed by atoms with van der Waals surface area (Å²) < 4.78 is 0. The largest absolute Gasteiger partial charge is 0.465 e. The Balaban J connectivity index is 1.35. The number of rotatable bonds is 10. The van der Waals surface area contributed by atoms with Gasteiger partial charge in [0.1, 0.15) is 6.04 Å². The highest BCUT2D eigenvalue weighted by atomic mass is 16.4. The maximum Gasteiger partial charge on any atom is 0.408 e. The molecule has 0 radical (unpaired) electrons. The van der Waals surface area contributed by atoms with Crippen LogP contribution in [0.15, 0.2) is 109 Å². The maximum absolute atomic E-state index is 14.0. The predicted molar refractivity (Wildman–Crippen MR) is 163 cm³/mol. The third-order valence-corrected chi connectivity index (χ3v) is 8.25. The van der Waals surface area contributed by atoms with Crippen molar-refractivity contribution in [3.05, 3.63) is 132 Å². The number of amides is 2. The van der Waals surface area contributed by atoms with Gasteiger partial charge in [-0.15, -0.1) is 0 Å².